The van der Waals surface area contributed by atoms with E-state index in [9.17, 15) is 9.59 Å². The lowest BCUT2D eigenvalue weighted by molar-refractivity contribution is -0.177. The molecule has 0 aromatic rings. The Balaban J connectivity index is 2.13. The minimum absolute atomic E-state index is 0.00676. The number of fused-ring (bicyclic) bond motifs is 1. The molecule has 4 atom stereocenters. The molecule has 2 rings (SSSR count). The van der Waals surface area contributed by atoms with Gasteiger partial charge in [0.25, 0.3) is 0 Å². The van der Waals surface area contributed by atoms with Gasteiger partial charge in [-0.1, -0.05) is 27.2 Å². The molecular formula is C14H24N2O4. The molecule has 4 N–H and O–H groups in total. The van der Waals surface area contributed by atoms with Crippen molar-refractivity contribution in [2.24, 2.45) is 17.1 Å². The van der Waals surface area contributed by atoms with Crippen LogP contribution in [0.4, 0.5) is 0 Å². The Morgan fingerprint density at radius 3 is 2.70 bits per heavy atom. The molecule has 1 aliphatic heterocycles. The molecule has 0 radical (unpaired) electrons. The number of carboxylic acid groups (broad SMARTS) is 1. The Labute approximate surface area is 119 Å². The summed E-state index contributed by atoms with van der Waals surface area (Å²) in [6, 6.07) is -0.870. The van der Waals surface area contributed by atoms with E-state index in [4.69, 9.17) is 15.6 Å². The van der Waals surface area contributed by atoms with Gasteiger partial charge in [0, 0.05) is 17.9 Å². The summed E-state index contributed by atoms with van der Waals surface area (Å²) in [4.78, 5) is 23.7. The fraction of sp³-hybridized carbons (Fsp3) is 0.857. The van der Waals surface area contributed by atoms with Crippen molar-refractivity contribution >= 4 is 11.9 Å². The third-order valence-electron chi connectivity index (χ3n) is 5.01. The van der Waals surface area contributed by atoms with Gasteiger partial charge in [0.15, 0.2) is 0 Å². The van der Waals surface area contributed by atoms with Crippen LogP contribution in [-0.2, 0) is 14.3 Å². The zero-order valence-corrected chi connectivity index (χ0v) is 12.3. The molecule has 1 heterocycles. The maximum Gasteiger partial charge on any atom is 0.326 e. The van der Waals surface area contributed by atoms with Crippen molar-refractivity contribution < 1.29 is 19.4 Å². The number of carbonyl (C=O) groups excluding carboxylic acids is 1. The predicted molar refractivity (Wildman–Crippen MR) is 73.0 cm³/mol. The van der Waals surface area contributed by atoms with Gasteiger partial charge in [-0.25, -0.2) is 4.79 Å². The zero-order valence-electron chi connectivity index (χ0n) is 12.3. The molecule has 114 valence electrons. The topological polar surface area (TPSA) is 102 Å². The molecule has 2 aliphatic rings. The molecule has 2 fully saturated rings. The van der Waals surface area contributed by atoms with Gasteiger partial charge < -0.3 is 20.9 Å². The van der Waals surface area contributed by atoms with Gasteiger partial charge in [-0.05, 0) is 12.8 Å². The smallest absolute Gasteiger partial charge is 0.326 e. The Kier molecular flexibility index (Phi) is 3.81. The summed E-state index contributed by atoms with van der Waals surface area (Å²) in [5.41, 5.74) is 4.84. The third kappa shape index (κ3) is 1.93. The van der Waals surface area contributed by atoms with Crippen molar-refractivity contribution in [2.45, 2.75) is 57.7 Å². The molecule has 1 saturated carbocycles. The Morgan fingerprint density at radius 1 is 1.50 bits per heavy atom. The molecule has 0 spiro atoms. The van der Waals surface area contributed by atoms with E-state index < -0.39 is 23.0 Å². The van der Waals surface area contributed by atoms with E-state index in [1.165, 1.54) is 0 Å². The molecule has 1 amide bonds. The first-order chi connectivity index (χ1) is 9.26. The van der Waals surface area contributed by atoms with E-state index in [0.717, 1.165) is 6.42 Å². The van der Waals surface area contributed by atoms with Crippen molar-refractivity contribution in [1.82, 2.24) is 5.32 Å². The highest BCUT2D eigenvalue weighted by molar-refractivity contribution is 5.92. The van der Waals surface area contributed by atoms with Crippen LogP contribution < -0.4 is 11.1 Å². The standard InChI is InChI=1S/C14H24N2O4/c1-4-5-9(11(17)18)16-12(19)14(15)8-6-7-20-10(8)13(14,2)3/h8-10H,4-7,15H2,1-3H3,(H,16,19)(H,17,18). The lowest BCUT2D eigenvalue weighted by atomic mass is 9.48. The van der Waals surface area contributed by atoms with Crippen LogP contribution in [-0.4, -0.2) is 41.3 Å². The average molecular weight is 284 g/mol. The highest BCUT2D eigenvalue weighted by Crippen LogP contribution is 2.58. The Bertz CT molecular complexity index is 423. The Morgan fingerprint density at radius 2 is 2.15 bits per heavy atom. The molecule has 0 aromatic heterocycles. The second-order valence-electron chi connectivity index (χ2n) is 6.43. The van der Waals surface area contributed by atoms with E-state index in [1.54, 1.807) is 0 Å². The first-order valence-electron chi connectivity index (χ1n) is 7.21. The van der Waals surface area contributed by atoms with Crippen molar-refractivity contribution in [1.29, 1.82) is 0 Å². The SMILES string of the molecule is CCCC(NC(=O)C1(N)C2CCOC2C1(C)C)C(=O)O. The van der Waals surface area contributed by atoms with E-state index in [0.29, 0.717) is 19.4 Å². The number of carboxylic acids is 1. The van der Waals surface area contributed by atoms with E-state index in [2.05, 4.69) is 5.32 Å². The van der Waals surface area contributed by atoms with Crippen LogP contribution in [0.15, 0.2) is 0 Å². The van der Waals surface area contributed by atoms with Crippen LogP contribution in [0, 0.1) is 11.3 Å². The lowest BCUT2D eigenvalue weighted by Crippen LogP contribution is -2.80. The van der Waals surface area contributed by atoms with Crippen molar-refractivity contribution in [3.05, 3.63) is 0 Å². The first-order valence-corrected chi connectivity index (χ1v) is 7.21. The largest absolute Gasteiger partial charge is 0.480 e. The predicted octanol–water partition coefficient (Wildman–Crippen LogP) is 0.498. The van der Waals surface area contributed by atoms with E-state index in [-0.39, 0.29) is 17.9 Å². The van der Waals surface area contributed by atoms with Gasteiger partial charge >= 0.3 is 5.97 Å². The molecular weight excluding hydrogens is 260 g/mol. The maximum atomic E-state index is 12.5. The lowest BCUT2D eigenvalue weighted by Gasteiger charge is -2.60. The number of nitrogens with two attached hydrogens (primary N) is 1. The third-order valence-corrected chi connectivity index (χ3v) is 5.01. The minimum Gasteiger partial charge on any atom is -0.480 e. The van der Waals surface area contributed by atoms with E-state index >= 15 is 0 Å². The van der Waals surface area contributed by atoms with Gasteiger partial charge in [0.1, 0.15) is 11.6 Å². The van der Waals surface area contributed by atoms with Crippen molar-refractivity contribution in [2.75, 3.05) is 6.61 Å². The van der Waals surface area contributed by atoms with Gasteiger partial charge in [-0.3, -0.25) is 4.79 Å². The zero-order chi connectivity index (χ0) is 15.1. The minimum atomic E-state index is -1.05. The van der Waals surface area contributed by atoms with Gasteiger partial charge in [-0.15, -0.1) is 0 Å². The van der Waals surface area contributed by atoms with Crippen LogP contribution in [0.25, 0.3) is 0 Å². The Hall–Kier alpha value is -1.14. The van der Waals surface area contributed by atoms with Gasteiger partial charge in [-0.2, -0.15) is 0 Å². The quantitative estimate of drug-likeness (QED) is 0.682. The second kappa shape index (κ2) is 5.00. The molecule has 6 heteroatoms. The molecule has 20 heavy (non-hydrogen) atoms. The fourth-order valence-electron chi connectivity index (χ4n) is 3.67. The highest BCUT2D eigenvalue weighted by Gasteiger charge is 2.71. The van der Waals surface area contributed by atoms with Gasteiger partial charge in [0.2, 0.25) is 5.91 Å². The number of rotatable bonds is 5. The molecule has 1 saturated heterocycles. The fourth-order valence-corrected chi connectivity index (χ4v) is 3.67. The number of hydrogen-bond acceptors (Lipinski definition) is 4. The number of aliphatic carboxylic acids is 1. The molecule has 0 aromatic carbocycles. The summed E-state index contributed by atoms with van der Waals surface area (Å²) >= 11 is 0. The summed E-state index contributed by atoms with van der Waals surface area (Å²) in [5.74, 6) is -1.40. The number of nitrogens with one attached hydrogen (secondary N) is 1. The average Bonchev–Trinajstić information content (AvgIpc) is 2.84. The van der Waals surface area contributed by atoms with Crippen molar-refractivity contribution in [3.63, 3.8) is 0 Å². The van der Waals surface area contributed by atoms with Crippen LogP contribution in [0.1, 0.15) is 40.0 Å². The summed E-state index contributed by atoms with van der Waals surface area (Å²) in [5, 5.41) is 11.8. The van der Waals surface area contributed by atoms with Gasteiger partial charge in [0.05, 0.1) is 6.10 Å². The van der Waals surface area contributed by atoms with Crippen molar-refractivity contribution in [3.8, 4) is 0 Å². The number of hydrogen-bond donors (Lipinski definition) is 3. The molecule has 1 aliphatic carbocycles. The van der Waals surface area contributed by atoms with Crippen LogP contribution >= 0.6 is 0 Å². The summed E-state index contributed by atoms with van der Waals surface area (Å²) < 4.78 is 5.64. The normalized spacial score (nSPS) is 35.8. The summed E-state index contributed by atoms with van der Waals surface area (Å²) in [7, 11) is 0. The monoisotopic (exact) mass is 284 g/mol. The summed E-state index contributed by atoms with van der Waals surface area (Å²) in [6.07, 6.45) is 1.84. The van der Waals surface area contributed by atoms with Crippen LogP contribution in [0.2, 0.25) is 0 Å². The van der Waals surface area contributed by atoms with Crippen LogP contribution in [0.3, 0.4) is 0 Å². The first kappa shape index (κ1) is 15.3. The molecule has 0 bridgehead atoms. The highest BCUT2D eigenvalue weighted by atomic mass is 16.5. The number of amides is 1. The number of ether oxygens (including phenoxy) is 1. The molecule has 6 nitrogen and oxygen atoms in total. The maximum absolute atomic E-state index is 12.5. The molecule has 4 unspecified atom stereocenters. The number of carbonyl (C=O) groups is 2. The summed E-state index contributed by atoms with van der Waals surface area (Å²) in [6.45, 7) is 6.32. The van der Waals surface area contributed by atoms with Crippen LogP contribution in [0.5, 0.6) is 0 Å². The second-order valence-corrected chi connectivity index (χ2v) is 6.43. The van der Waals surface area contributed by atoms with E-state index in [1.807, 2.05) is 20.8 Å².